The molecule has 0 spiro atoms. The summed E-state index contributed by atoms with van der Waals surface area (Å²) in [5.41, 5.74) is 0.947. The summed E-state index contributed by atoms with van der Waals surface area (Å²) in [5, 5.41) is 13.9. The second-order valence-electron chi connectivity index (χ2n) is 2.93. The molecule has 0 saturated heterocycles. The van der Waals surface area contributed by atoms with Crippen molar-refractivity contribution in [3.8, 4) is 0 Å². The largest absolute Gasteiger partial charge is 0.506 e. The highest BCUT2D eigenvalue weighted by Crippen LogP contribution is 2.28. The molecule has 0 aliphatic carbocycles. The fraction of sp³-hybridized carbons (Fsp3) is 0.0909. The van der Waals surface area contributed by atoms with Crippen LogP contribution in [0.5, 0.6) is 0 Å². The Kier molecular flexibility index (Phi) is 2.70. The molecule has 0 atom stereocenters. The van der Waals surface area contributed by atoms with Crippen LogP contribution in [0, 0.1) is 0 Å². The van der Waals surface area contributed by atoms with Gasteiger partial charge in [0, 0.05) is 10.5 Å². The van der Waals surface area contributed by atoms with Crippen LogP contribution in [0.2, 0.25) is 0 Å². The van der Waals surface area contributed by atoms with Crippen molar-refractivity contribution in [2.75, 3.05) is 0 Å². The van der Waals surface area contributed by atoms with E-state index in [2.05, 4.69) is 0 Å². The van der Waals surface area contributed by atoms with Crippen molar-refractivity contribution < 1.29 is 5.11 Å². The summed E-state index contributed by atoms with van der Waals surface area (Å²) in [6, 6.07) is 7.88. The molecule has 2 aromatic heterocycles. The van der Waals surface area contributed by atoms with Crippen molar-refractivity contribution >= 4 is 34.0 Å². The Morgan fingerprint density at radius 1 is 1.07 bits per heavy atom. The maximum atomic E-state index is 9.95. The van der Waals surface area contributed by atoms with Gasteiger partial charge in [0.2, 0.25) is 0 Å². The topological polar surface area (TPSA) is 20.2 Å². The smallest absolute Gasteiger partial charge is 0.137 e. The SMILES string of the molecule is CC(=C(O)c1cccs1)c1cccs1. The zero-order valence-electron chi connectivity index (χ0n) is 7.73. The van der Waals surface area contributed by atoms with Gasteiger partial charge in [-0.2, -0.15) is 0 Å². The fourth-order valence-corrected chi connectivity index (χ4v) is 2.67. The fourth-order valence-electron chi connectivity index (χ4n) is 1.21. The van der Waals surface area contributed by atoms with Crippen molar-refractivity contribution in [1.29, 1.82) is 0 Å². The lowest BCUT2D eigenvalue weighted by atomic mass is 10.2. The van der Waals surface area contributed by atoms with Crippen molar-refractivity contribution in [3.05, 3.63) is 44.8 Å². The molecular weight excluding hydrogens is 212 g/mol. The highest BCUT2D eigenvalue weighted by molar-refractivity contribution is 7.12. The summed E-state index contributed by atoms with van der Waals surface area (Å²) in [6.45, 7) is 1.95. The third kappa shape index (κ3) is 1.74. The average Bonchev–Trinajstić information content (AvgIpc) is 2.87. The Morgan fingerprint density at radius 3 is 2.14 bits per heavy atom. The predicted molar refractivity (Wildman–Crippen MR) is 63.8 cm³/mol. The Morgan fingerprint density at radius 2 is 1.64 bits per heavy atom. The number of rotatable bonds is 2. The van der Waals surface area contributed by atoms with E-state index in [1.807, 2.05) is 41.9 Å². The van der Waals surface area contributed by atoms with Crippen LogP contribution in [-0.4, -0.2) is 5.11 Å². The number of aliphatic hydroxyl groups is 1. The molecule has 2 aromatic rings. The third-order valence-electron chi connectivity index (χ3n) is 2.00. The van der Waals surface area contributed by atoms with E-state index >= 15 is 0 Å². The molecule has 3 heteroatoms. The molecule has 0 unspecified atom stereocenters. The van der Waals surface area contributed by atoms with E-state index in [-0.39, 0.29) is 0 Å². The minimum Gasteiger partial charge on any atom is -0.506 e. The standard InChI is InChI=1S/C11H10OS2/c1-8(9-4-2-6-13-9)11(12)10-5-3-7-14-10/h2-7,12H,1H3. The van der Waals surface area contributed by atoms with Gasteiger partial charge in [0.15, 0.2) is 0 Å². The molecule has 72 valence electrons. The summed E-state index contributed by atoms with van der Waals surface area (Å²) >= 11 is 3.20. The van der Waals surface area contributed by atoms with Crippen LogP contribution < -0.4 is 0 Å². The lowest BCUT2D eigenvalue weighted by Crippen LogP contribution is -1.82. The quantitative estimate of drug-likeness (QED) is 0.753. The summed E-state index contributed by atoms with van der Waals surface area (Å²) in [7, 11) is 0. The number of aliphatic hydroxyl groups excluding tert-OH is 1. The van der Waals surface area contributed by atoms with Crippen LogP contribution in [0.4, 0.5) is 0 Å². The first kappa shape index (κ1) is 9.49. The van der Waals surface area contributed by atoms with Crippen LogP contribution >= 0.6 is 22.7 Å². The number of thiophene rings is 2. The monoisotopic (exact) mass is 222 g/mol. The Bertz CT molecular complexity index is 382. The molecule has 2 heterocycles. The second-order valence-corrected chi connectivity index (χ2v) is 4.82. The van der Waals surface area contributed by atoms with Gasteiger partial charge in [0.05, 0.1) is 4.88 Å². The molecule has 0 aromatic carbocycles. The molecule has 0 amide bonds. The molecule has 0 aliphatic rings. The minimum absolute atomic E-state index is 0.391. The molecular formula is C11H10OS2. The van der Waals surface area contributed by atoms with Gasteiger partial charge in [-0.15, -0.1) is 22.7 Å². The van der Waals surface area contributed by atoms with Gasteiger partial charge in [0.25, 0.3) is 0 Å². The average molecular weight is 222 g/mol. The number of hydrogen-bond acceptors (Lipinski definition) is 3. The maximum Gasteiger partial charge on any atom is 0.137 e. The molecule has 0 radical (unpaired) electrons. The normalized spacial score (nSPS) is 12.6. The lowest BCUT2D eigenvalue weighted by Gasteiger charge is -2.01. The summed E-state index contributed by atoms with van der Waals surface area (Å²) in [6.07, 6.45) is 0. The van der Waals surface area contributed by atoms with Gasteiger partial charge >= 0.3 is 0 Å². The first-order chi connectivity index (χ1) is 6.79. The van der Waals surface area contributed by atoms with Crippen LogP contribution in [0.15, 0.2) is 35.0 Å². The van der Waals surface area contributed by atoms with Crippen molar-refractivity contribution in [2.45, 2.75) is 6.92 Å². The minimum atomic E-state index is 0.391. The van der Waals surface area contributed by atoms with Crippen molar-refractivity contribution in [2.24, 2.45) is 0 Å². The van der Waals surface area contributed by atoms with E-state index in [9.17, 15) is 5.11 Å². The molecule has 2 rings (SSSR count). The zero-order valence-corrected chi connectivity index (χ0v) is 9.36. The first-order valence-electron chi connectivity index (χ1n) is 4.26. The van der Waals surface area contributed by atoms with E-state index in [0.717, 1.165) is 15.3 Å². The second kappa shape index (κ2) is 3.98. The van der Waals surface area contributed by atoms with Gasteiger partial charge < -0.3 is 5.11 Å². The molecule has 0 saturated carbocycles. The zero-order chi connectivity index (χ0) is 9.97. The van der Waals surface area contributed by atoms with E-state index in [1.54, 1.807) is 22.7 Å². The molecule has 14 heavy (non-hydrogen) atoms. The van der Waals surface area contributed by atoms with Gasteiger partial charge in [-0.25, -0.2) is 0 Å². The van der Waals surface area contributed by atoms with Crippen LogP contribution in [0.3, 0.4) is 0 Å². The van der Waals surface area contributed by atoms with Crippen LogP contribution in [0.1, 0.15) is 16.7 Å². The predicted octanol–water partition coefficient (Wildman–Crippen LogP) is 4.26. The molecule has 0 aliphatic heterocycles. The van der Waals surface area contributed by atoms with E-state index in [1.165, 1.54) is 0 Å². The van der Waals surface area contributed by atoms with Crippen molar-refractivity contribution in [1.82, 2.24) is 0 Å². The third-order valence-corrected chi connectivity index (χ3v) is 3.87. The van der Waals surface area contributed by atoms with Crippen LogP contribution in [-0.2, 0) is 0 Å². The molecule has 1 nitrogen and oxygen atoms in total. The summed E-state index contributed by atoms with van der Waals surface area (Å²) in [5.74, 6) is 0.391. The van der Waals surface area contributed by atoms with Gasteiger partial charge in [0.1, 0.15) is 5.76 Å². The van der Waals surface area contributed by atoms with Gasteiger partial charge in [-0.1, -0.05) is 12.1 Å². The summed E-state index contributed by atoms with van der Waals surface area (Å²) < 4.78 is 0. The van der Waals surface area contributed by atoms with E-state index in [4.69, 9.17) is 0 Å². The van der Waals surface area contributed by atoms with E-state index < -0.39 is 0 Å². The van der Waals surface area contributed by atoms with E-state index in [0.29, 0.717) is 5.76 Å². The lowest BCUT2D eigenvalue weighted by molar-refractivity contribution is 0.515. The number of allylic oxidation sites excluding steroid dienone is 1. The maximum absolute atomic E-state index is 9.95. The summed E-state index contributed by atoms with van der Waals surface area (Å²) in [4.78, 5) is 2.05. The molecule has 0 fully saturated rings. The highest BCUT2D eigenvalue weighted by Gasteiger charge is 2.07. The Balaban J connectivity index is 2.41. The molecule has 1 N–H and O–H groups in total. The van der Waals surface area contributed by atoms with Crippen molar-refractivity contribution in [3.63, 3.8) is 0 Å². The Labute approximate surface area is 91.0 Å². The molecule has 0 bridgehead atoms. The van der Waals surface area contributed by atoms with Crippen LogP contribution in [0.25, 0.3) is 11.3 Å². The highest BCUT2D eigenvalue weighted by atomic mass is 32.1. The first-order valence-corrected chi connectivity index (χ1v) is 6.02. The number of hydrogen-bond donors (Lipinski definition) is 1. The van der Waals surface area contributed by atoms with Gasteiger partial charge in [-0.3, -0.25) is 0 Å². The van der Waals surface area contributed by atoms with Gasteiger partial charge in [-0.05, 0) is 29.8 Å². The Hall–Kier alpha value is -1.06.